The van der Waals surface area contributed by atoms with E-state index >= 15 is 0 Å². The fourth-order valence-corrected chi connectivity index (χ4v) is 2.20. The average Bonchev–Trinajstić information content (AvgIpc) is 3.18. The number of nitrogens with one attached hydrogen (secondary N) is 1. The number of carbonyl (C=O) groups is 3. The molecule has 1 saturated carbocycles. The first kappa shape index (κ1) is 11.9. The molecule has 0 unspecified atom stereocenters. The van der Waals surface area contributed by atoms with Crippen LogP contribution in [0.5, 0.6) is 0 Å². The standard InChI is InChI=1S/C14H14N2O3/c17-12(15-10-5-6-10)8-16-13(18)7-9-3-1-2-4-11(9)14(16)19/h1-4,10H,5-8H2,(H,15,17). The molecule has 1 aromatic carbocycles. The van der Waals surface area contributed by atoms with Gasteiger partial charge in [0.15, 0.2) is 0 Å². The molecule has 3 amide bonds. The van der Waals surface area contributed by atoms with E-state index in [1.54, 1.807) is 24.3 Å². The Labute approximate surface area is 110 Å². The largest absolute Gasteiger partial charge is 0.352 e. The lowest BCUT2D eigenvalue weighted by molar-refractivity contribution is -0.133. The summed E-state index contributed by atoms with van der Waals surface area (Å²) in [4.78, 5) is 36.9. The van der Waals surface area contributed by atoms with Gasteiger partial charge < -0.3 is 5.32 Å². The zero-order valence-corrected chi connectivity index (χ0v) is 10.4. The number of rotatable bonds is 3. The Bertz CT molecular complexity index is 564. The lowest BCUT2D eigenvalue weighted by atomic mass is 9.98. The first-order valence-corrected chi connectivity index (χ1v) is 6.37. The fourth-order valence-electron chi connectivity index (χ4n) is 2.20. The van der Waals surface area contributed by atoms with Crippen molar-refractivity contribution in [1.29, 1.82) is 0 Å². The minimum atomic E-state index is -0.377. The van der Waals surface area contributed by atoms with Crippen molar-refractivity contribution in [3.05, 3.63) is 35.4 Å². The second kappa shape index (κ2) is 4.50. The Kier molecular flexibility index (Phi) is 2.81. The molecular formula is C14H14N2O3. The molecule has 1 aliphatic heterocycles. The number of nitrogens with zero attached hydrogens (tertiary/aromatic N) is 1. The normalized spacial score (nSPS) is 18.2. The Morgan fingerprint density at radius 2 is 2.00 bits per heavy atom. The van der Waals surface area contributed by atoms with E-state index in [0.29, 0.717) is 5.56 Å². The molecule has 0 bridgehead atoms. The lowest BCUT2D eigenvalue weighted by Crippen LogP contribution is -2.47. The van der Waals surface area contributed by atoms with Crippen molar-refractivity contribution >= 4 is 17.7 Å². The Balaban J connectivity index is 1.76. The second-order valence-electron chi connectivity index (χ2n) is 4.96. The maximum absolute atomic E-state index is 12.2. The SMILES string of the molecule is O=C(CN1C(=O)Cc2ccccc2C1=O)NC1CC1. The molecule has 5 nitrogen and oxygen atoms in total. The smallest absolute Gasteiger partial charge is 0.261 e. The van der Waals surface area contributed by atoms with Crippen LogP contribution in [0.15, 0.2) is 24.3 Å². The van der Waals surface area contributed by atoms with Crippen molar-refractivity contribution in [2.24, 2.45) is 0 Å². The maximum atomic E-state index is 12.2. The van der Waals surface area contributed by atoms with Gasteiger partial charge in [-0.25, -0.2) is 0 Å². The van der Waals surface area contributed by atoms with Crippen LogP contribution in [-0.4, -0.2) is 35.2 Å². The number of benzene rings is 1. The van der Waals surface area contributed by atoms with Crippen LogP contribution in [-0.2, 0) is 16.0 Å². The molecule has 1 aliphatic carbocycles. The summed E-state index contributed by atoms with van der Waals surface area (Å²) in [5.74, 6) is -0.948. The van der Waals surface area contributed by atoms with E-state index in [-0.39, 0.29) is 36.7 Å². The van der Waals surface area contributed by atoms with Crippen LogP contribution >= 0.6 is 0 Å². The van der Waals surface area contributed by atoms with Gasteiger partial charge in [0.25, 0.3) is 5.91 Å². The van der Waals surface area contributed by atoms with Crippen molar-refractivity contribution in [1.82, 2.24) is 10.2 Å². The van der Waals surface area contributed by atoms with Gasteiger partial charge >= 0.3 is 0 Å². The van der Waals surface area contributed by atoms with Crippen LogP contribution in [0.4, 0.5) is 0 Å². The van der Waals surface area contributed by atoms with Gasteiger partial charge in [0.1, 0.15) is 6.54 Å². The molecule has 0 saturated heterocycles. The number of fused-ring (bicyclic) bond motifs is 1. The van der Waals surface area contributed by atoms with Gasteiger partial charge in [-0.1, -0.05) is 18.2 Å². The maximum Gasteiger partial charge on any atom is 0.261 e. The Hall–Kier alpha value is -2.17. The van der Waals surface area contributed by atoms with E-state index in [9.17, 15) is 14.4 Å². The van der Waals surface area contributed by atoms with Crippen LogP contribution in [0.1, 0.15) is 28.8 Å². The van der Waals surface area contributed by atoms with Gasteiger partial charge in [0.2, 0.25) is 11.8 Å². The summed E-state index contributed by atoms with van der Waals surface area (Å²) >= 11 is 0. The van der Waals surface area contributed by atoms with Gasteiger partial charge in [-0.15, -0.1) is 0 Å². The molecule has 98 valence electrons. The van der Waals surface area contributed by atoms with Crippen LogP contribution in [0, 0.1) is 0 Å². The summed E-state index contributed by atoms with van der Waals surface area (Å²) in [6.07, 6.45) is 2.14. The highest BCUT2D eigenvalue weighted by atomic mass is 16.2. The van der Waals surface area contributed by atoms with Gasteiger partial charge in [0, 0.05) is 11.6 Å². The predicted octanol–water partition coefficient (Wildman–Crippen LogP) is 0.490. The van der Waals surface area contributed by atoms with Crippen molar-refractivity contribution in [3.8, 4) is 0 Å². The van der Waals surface area contributed by atoms with Gasteiger partial charge in [0.05, 0.1) is 6.42 Å². The van der Waals surface area contributed by atoms with Crippen molar-refractivity contribution in [2.45, 2.75) is 25.3 Å². The van der Waals surface area contributed by atoms with E-state index < -0.39 is 0 Å². The number of carbonyl (C=O) groups excluding carboxylic acids is 3. The number of hydrogen-bond donors (Lipinski definition) is 1. The van der Waals surface area contributed by atoms with Crippen LogP contribution < -0.4 is 5.32 Å². The second-order valence-corrected chi connectivity index (χ2v) is 4.96. The molecule has 19 heavy (non-hydrogen) atoms. The first-order chi connectivity index (χ1) is 9.15. The monoisotopic (exact) mass is 258 g/mol. The third-order valence-electron chi connectivity index (χ3n) is 3.38. The molecule has 0 atom stereocenters. The molecule has 1 N–H and O–H groups in total. The van der Waals surface area contributed by atoms with E-state index in [4.69, 9.17) is 0 Å². The molecule has 5 heteroatoms. The molecular weight excluding hydrogens is 244 g/mol. The van der Waals surface area contributed by atoms with Gasteiger partial charge in [-0.05, 0) is 24.5 Å². The van der Waals surface area contributed by atoms with Crippen LogP contribution in [0.3, 0.4) is 0 Å². The summed E-state index contributed by atoms with van der Waals surface area (Å²) in [5, 5.41) is 2.78. The molecule has 0 aromatic heterocycles. The third kappa shape index (κ3) is 2.36. The van der Waals surface area contributed by atoms with Crippen molar-refractivity contribution < 1.29 is 14.4 Å². The van der Waals surface area contributed by atoms with Crippen molar-refractivity contribution in [3.63, 3.8) is 0 Å². The Morgan fingerprint density at radius 1 is 1.26 bits per heavy atom. The predicted molar refractivity (Wildman–Crippen MR) is 67.4 cm³/mol. The minimum absolute atomic E-state index is 0.178. The summed E-state index contributed by atoms with van der Waals surface area (Å²) < 4.78 is 0. The molecule has 1 aromatic rings. The third-order valence-corrected chi connectivity index (χ3v) is 3.38. The summed E-state index contributed by atoms with van der Waals surface area (Å²) in [6, 6.07) is 7.25. The van der Waals surface area contributed by atoms with E-state index in [1.807, 2.05) is 0 Å². The molecule has 1 heterocycles. The average molecular weight is 258 g/mol. The fraction of sp³-hybridized carbons (Fsp3) is 0.357. The lowest BCUT2D eigenvalue weighted by Gasteiger charge is -2.26. The van der Waals surface area contributed by atoms with Crippen molar-refractivity contribution in [2.75, 3.05) is 6.54 Å². The zero-order chi connectivity index (χ0) is 13.4. The summed E-state index contributed by atoms with van der Waals surface area (Å²) in [6.45, 7) is -0.178. The highest BCUT2D eigenvalue weighted by molar-refractivity contribution is 6.11. The molecule has 2 aliphatic rings. The highest BCUT2D eigenvalue weighted by Crippen LogP contribution is 2.20. The van der Waals surface area contributed by atoms with Crippen LogP contribution in [0.2, 0.25) is 0 Å². The molecule has 0 radical (unpaired) electrons. The highest BCUT2D eigenvalue weighted by Gasteiger charge is 2.33. The zero-order valence-electron chi connectivity index (χ0n) is 10.4. The quantitative estimate of drug-likeness (QED) is 0.802. The number of hydrogen-bond acceptors (Lipinski definition) is 3. The molecule has 0 spiro atoms. The summed E-state index contributed by atoms with van der Waals surface area (Å²) in [5.41, 5.74) is 1.25. The topological polar surface area (TPSA) is 66.5 Å². The van der Waals surface area contributed by atoms with E-state index in [0.717, 1.165) is 23.3 Å². The molecule has 1 fully saturated rings. The Morgan fingerprint density at radius 3 is 2.74 bits per heavy atom. The first-order valence-electron chi connectivity index (χ1n) is 6.37. The number of amides is 3. The van der Waals surface area contributed by atoms with Crippen LogP contribution in [0.25, 0.3) is 0 Å². The van der Waals surface area contributed by atoms with E-state index in [2.05, 4.69) is 5.32 Å². The minimum Gasteiger partial charge on any atom is -0.352 e. The van der Waals surface area contributed by atoms with Gasteiger partial charge in [-0.2, -0.15) is 0 Å². The van der Waals surface area contributed by atoms with Gasteiger partial charge in [-0.3, -0.25) is 19.3 Å². The van der Waals surface area contributed by atoms with E-state index in [1.165, 1.54) is 0 Å². The molecule has 3 rings (SSSR count). The number of imide groups is 1. The summed E-state index contributed by atoms with van der Waals surface area (Å²) in [7, 11) is 0.